The van der Waals surface area contributed by atoms with Gasteiger partial charge in [0.05, 0.1) is 13.2 Å². The van der Waals surface area contributed by atoms with E-state index in [4.69, 9.17) is 9.47 Å². The van der Waals surface area contributed by atoms with Crippen LogP contribution in [0.15, 0.2) is 42.2 Å². The summed E-state index contributed by atoms with van der Waals surface area (Å²) < 4.78 is 10.3. The van der Waals surface area contributed by atoms with Crippen LogP contribution in [-0.4, -0.2) is 19.2 Å². The first kappa shape index (κ1) is 11.7. The lowest BCUT2D eigenvalue weighted by Crippen LogP contribution is -2.23. The number of aryl methyl sites for hydroxylation is 1. The molecule has 90 valence electrons. The molecule has 3 nitrogen and oxygen atoms in total. The third-order valence-corrected chi connectivity index (χ3v) is 2.85. The van der Waals surface area contributed by atoms with Gasteiger partial charge in [-0.3, -0.25) is 0 Å². The molecule has 1 aliphatic rings. The van der Waals surface area contributed by atoms with Gasteiger partial charge >= 0.3 is 5.97 Å². The van der Waals surface area contributed by atoms with Gasteiger partial charge in [0, 0.05) is 6.42 Å². The van der Waals surface area contributed by atoms with Gasteiger partial charge in [0.2, 0.25) is 0 Å². The summed E-state index contributed by atoms with van der Waals surface area (Å²) in [6.07, 6.45) is 3.77. The van der Waals surface area contributed by atoms with E-state index in [2.05, 4.69) is 12.1 Å². The standard InChI is InChI=1S/C14H16O3/c1-16-13-9-12(17-14(15)10-13)8-7-11-5-3-2-4-6-11/h2-6,10,12H,7-9H2,1H3/t12-/m1/s1. The summed E-state index contributed by atoms with van der Waals surface area (Å²) in [5.74, 6) is 0.408. The van der Waals surface area contributed by atoms with Crippen molar-refractivity contribution in [1.82, 2.24) is 0 Å². The molecule has 17 heavy (non-hydrogen) atoms. The lowest BCUT2D eigenvalue weighted by molar-refractivity contribution is -0.145. The molecule has 0 bridgehead atoms. The first-order valence-corrected chi connectivity index (χ1v) is 5.77. The lowest BCUT2D eigenvalue weighted by atomic mass is 10.0. The maximum atomic E-state index is 11.3. The van der Waals surface area contributed by atoms with Crippen LogP contribution in [0.3, 0.4) is 0 Å². The molecule has 1 atom stereocenters. The van der Waals surface area contributed by atoms with Crippen molar-refractivity contribution in [3.63, 3.8) is 0 Å². The maximum Gasteiger partial charge on any atom is 0.334 e. The number of carbonyl (C=O) groups excluding carboxylic acids is 1. The zero-order chi connectivity index (χ0) is 12.1. The highest BCUT2D eigenvalue weighted by Gasteiger charge is 2.21. The van der Waals surface area contributed by atoms with E-state index in [-0.39, 0.29) is 12.1 Å². The number of hydrogen-bond acceptors (Lipinski definition) is 3. The van der Waals surface area contributed by atoms with Crippen molar-refractivity contribution in [1.29, 1.82) is 0 Å². The van der Waals surface area contributed by atoms with Gasteiger partial charge in [-0.05, 0) is 18.4 Å². The monoisotopic (exact) mass is 232 g/mol. The first-order valence-electron chi connectivity index (χ1n) is 5.77. The lowest BCUT2D eigenvalue weighted by Gasteiger charge is -2.22. The second-order valence-electron chi connectivity index (χ2n) is 4.10. The average molecular weight is 232 g/mol. The Bertz CT molecular complexity index is 409. The van der Waals surface area contributed by atoms with Gasteiger partial charge in [0.15, 0.2) is 0 Å². The Hall–Kier alpha value is -1.77. The quantitative estimate of drug-likeness (QED) is 0.748. The zero-order valence-corrected chi connectivity index (χ0v) is 9.89. The van der Waals surface area contributed by atoms with Crippen LogP contribution in [0.25, 0.3) is 0 Å². The number of benzene rings is 1. The molecule has 0 N–H and O–H groups in total. The first-order chi connectivity index (χ1) is 8.28. The molecule has 2 rings (SSSR count). The van der Waals surface area contributed by atoms with E-state index < -0.39 is 0 Å². The molecule has 0 fully saturated rings. The van der Waals surface area contributed by atoms with Crippen LogP contribution in [0.2, 0.25) is 0 Å². The number of cyclic esters (lactones) is 1. The molecule has 0 saturated heterocycles. The van der Waals surface area contributed by atoms with Gasteiger partial charge in [0.25, 0.3) is 0 Å². The van der Waals surface area contributed by atoms with Crippen LogP contribution in [0.1, 0.15) is 18.4 Å². The molecular weight excluding hydrogens is 216 g/mol. The molecule has 0 aliphatic carbocycles. The van der Waals surface area contributed by atoms with Crippen LogP contribution in [0.5, 0.6) is 0 Å². The second-order valence-corrected chi connectivity index (χ2v) is 4.10. The molecule has 0 aromatic heterocycles. The van der Waals surface area contributed by atoms with Gasteiger partial charge < -0.3 is 9.47 Å². The summed E-state index contributed by atoms with van der Waals surface area (Å²) in [5.41, 5.74) is 1.26. The summed E-state index contributed by atoms with van der Waals surface area (Å²) in [6, 6.07) is 10.2. The van der Waals surface area contributed by atoms with Gasteiger partial charge in [0.1, 0.15) is 11.9 Å². The predicted molar refractivity (Wildman–Crippen MR) is 64.4 cm³/mol. The fraction of sp³-hybridized carbons (Fsp3) is 0.357. The van der Waals surface area contributed by atoms with Crippen molar-refractivity contribution < 1.29 is 14.3 Å². The second kappa shape index (κ2) is 5.53. The Kier molecular flexibility index (Phi) is 3.81. The number of methoxy groups -OCH3 is 1. The van der Waals surface area contributed by atoms with Gasteiger partial charge in [-0.1, -0.05) is 30.3 Å². The molecule has 0 saturated carbocycles. The van der Waals surface area contributed by atoms with Crippen molar-refractivity contribution in [2.24, 2.45) is 0 Å². The fourth-order valence-corrected chi connectivity index (χ4v) is 1.93. The zero-order valence-electron chi connectivity index (χ0n) is 9.89. The Morgan fingerprint density at radius 2 is 2.12 bits per heavy atom. The number of rotatable bonds is 4. The van der Waals surface area contributed by atoms with Crippen molar-refractivity contribution in [3.8, 4) is 0 Å². The van der Waals surface area contributed by atoms with E-state index in [1.807, 2.05) is 18.2 Å². The van der Waals surface area contributed by atoms with Gasteiger partial charge in [-0.15, -0.1) is 0 Å². The maximum absolute atomic E-state index is 11.3. The normalized spacial score (nSPS) is 19.5. The minimum absolute atomic E-state index is 0.0670. The Morgan fingerprint density at radius 1 is 1.35 bits per heavy atom. The molecule has 1 aromatic rings. The molecule has 0 amide bonds. The van der Waals surface area contributed by atoms with E-state index >= 15 is 0 Å². The van der Waals surface area contributed by atoms with Crippen molar-refractivity contribution in [2.45, 2.75) is 25.4 Å². The molecule has 0 spiro atoms. The van der Waals surface area contributed by atoms with Crippen LogP contribution in [-0.2, 0) is 20.7 Å². The smallest absolute Gasteiger partial charge is 0.334 e. The van der Waals surface area contributed by atoms with Crippen LogP contribution < -0.4 is 0 Å². The van der Waals surface area contributed by atoms with Crippen LogP contribution in [0.4, 0.5) is 0 Å². The molecule has 0 unspecified atom stereocenters. The fourth-order valence-electron chi connectivity index (χ4n) is 1.93. The highest BCUT2D eigenvalue weighted by Crippen LogP contribution is 2.20. The molecule has 1 heterocycles. The predicted octanol–water partition coefficient (Wildman–Crippen LogP) is 2.47. The van der Waals surface area contributed by atoms with Crippen molar-refractivity contribution in [2.75, 3.05) is 7.11 Å². The van der Waals surface area contributed by atoms with E-state index in [1.165, 1.54) is 11.6 Å². The van der Waals surface area contributed by atoms with E-state index in [9.17, 15) is 4.79 Å². The highest BCUT2D eigenvalue weighted by molar-refractivity contribution is 5.83. The number of carbonyl (C=O) groups is 1. The summed E-state index contributed by atoms with van der Waals surface area (Å²) >= 11 is 0. The third kappa shape index (κ3) is 3.34. The molecule has 3 heteroatoms. The number of ether oxygens (including phenoxy) is 2. The Balaban J connectivity index is 1.88. The highest BCUT2D eigenvalue weighted by atomic mass is 16.5. The molecular formula is C14H16O3. The summed E-state index contributed by atoms with van der Waals surface area (Å²) in [4.78, 5) is 11.3. The average Bonchev–Trinajstić information content (AvgIpc) is 2.37. The SMILES string of the molecule is COC1=CC(=O)O[C@H](CCc2ccccc2)C1. The summed E-state index contributed by atoms with van der Waals surface area (Å²) in [7, 11) is 1.58. The molecule has 1 aromatic carbocycles. The molecule has 0 radical (unpaired) electrons. The minimum Gasteiger partial charge on any atom is -0.501 e. The Labute approximate surface area is 101 Å². The van der Waals surface area contributed by atoms with Crippen molar-refractivity contribution in [3.05, 3.63) is 47.7 Å². The van der Waals surface area contributed by atoms with E-state index in [0.29, 0.717) is 12.2 Å². The van der Waals surface area contributed by atoms with E-state index in [1.54, 1.807) is 7.11 Å². The van der Waals surface area contributed by atoms with Crippen LogP contribution >= 0.6 is 0 Å². The third-order valence-electron chi connectivity index (χ3n) is 2.85. The van der Waals surface area contributed by atoms with Crippen LogP contribution in [0, 0.1) is 0 Å². The summed E-state index contributed by atoms with van der Waals surface area (Å²) in [6.45, 7) is 0. The minimum atomic E-state index is -0.300. The van der Waals surface area contributed by atoms with Crippen molar-refractivity contribution >= 4 is 5.97 Å². The van der Waals surface area contributed by atoms with Gasteiger partial charge in [-0.2, -0.15) is 0 Å². The largest absolute Gasteiger partial charge is 0.501 e. The number of esters is 1. The van der Waals surface area contributed by atoms with Gasteiger partial charge in [-0.25, -0.2) is 4.79 Å². The summed E-state index contributed by atoms with van der Waals surface area (Å²) in [5, 5.41) is 0. The topological polar surface area (TPSA) is 35.5 Å². The number of hydrogen-bond donors (Lipinski definition) is 0. The van der Waals surface area contributed by atoms with E-state index in [0.717, 1.165) is 12.8 Å². The Morgan fingerprint density at radius 3 is 2.82 bits per heavy atom. The molecule has 1 aliphatic heterocycles.